The van der Waals surface area contributed by atoms with Gasteiger partial charge in [0.15, 0.2) is 0 Å². The maximum atomic E-state index is 12.7. The van der Waals surface area contributed by atoms with Gasteiger partial charge in [-0.05, 0) is 18.6 Å². The number of aliphatic carboxylic acids is 1. The van der Waals surface area contributed by atoms with Crippen LogP contribution in [0.2, 0.25) is 0 Å². The third-order valence-electron chi connectivity index (χ3n) is 3.66. The first-order chi connectivity index (χ1) is 10.9. The number of benzene rings is 1. The minimum absolute atomic E-state index is 0.113. The first-order valence-electron chi connectivity index (χ1n) is 7.50. The van der Waals surface area contributed by atoms with E-state index < -0.39 is 34.4 Å². The summed E-state index contributed by atoms with van der Waals surface area (Å²) in [6.07, 6.45) is 1.52. The first kappa shape index (κ1) is 17.3. The van der Waals surface area contributed by atoms with Gasteiger partial charge in [0, 0.05) is 0 Å². The van der Waals surface area contributed by atoms with Crippen LogP contribution in [0.25, 0.3) is 0 Å². The van der Waals surface area contributed by atoms with Crippen LogP contribution in [0.4, 0.5) is 11.4 Å². The molecule has 1 aliphatic heterocycles. The highest BCUT2D eigenvalue weighted by Gasteiger charge is 2.40. The summed E-state index contributed by atoms with van der Waals surface area (Å²) in [7, 11) is -3.79. The van der Waals surface area contributed by atoms with Crippen molar-refractivity contribution in [2.24, 2.45) is 0 Å². The zero-order chi connectivity index (χ0) is 17.0. The zero-order valence-electron chi connectivity index (χ0n) is 12.9. The lowest BCUT2D eigenvalue weighted by atomic mass is 10.1. The second-order valence-corrected chi connectivity index (χ2v) is 7.40. The molecular weight excluding hydrogens is 320 g/mol. The average Bonchev–Trinajstić information content (AvgIpc) is 2.47. The molecule has 0 fully saturated rings. The van der Waals surface area contributed by atoms with Crippen molar-refractivity contribution in [3.63, 3.8) is 0 Å². The molecule has 1 heterocycles. The smallest absolute Gasteiger partial charge is 0.306 e. The number of unbranched alkanes of at least 4 members (excludes halogenated alkanes) is 2. The van der Waals surface area contributed by atoms with Crippen LogP contribution in [0.5, 0.6) is 0 Å². The van der Waals surface area contributed by atoms with E-state index in [1.807, 2.05) is 6.92 Å². The van der Waals surface area contributed by atoms with Crippen molar-refractivity contribution in [3.8, 4) is 0 Å². The number of carbonyl (C=O) groups is 2. The normalized spacial score (nSPS) is 17.5. The number of carboxylic acids is 1. The Morgan fingerprint density at radius 1 is 1.30 bits per heavy atom. The van der Waals surface area contributed by atoms with Gasteiger partial charge in [0.1, 0.15) is 6.04 Å². The molecule has 1 aromatic rings. The third kappa shape index (κ3) is 3.82. The largest absolute Gasteiger partial charge is 0.481 e. The topological polar surface area (TPSA) is 104 Å². The van der Waals surface area contributed by atoms with Crippen molar-refractivity contribution >= 4 is 33.3 Å². The van der Waals surface area contributed by atoms with Crippen molar-refractivity contribution < 1.29 is 23.1 Å². The van der Waals surface area contributed by atoms with E-state index in [1.165, 1.54) is 0 Å². The minimum Gasteiger partial charge on any atom is -0.481 e. The second-order valence-electron chi connectivity index (χ2n) is 5.44. The molecule has 126 valence electrons. The van der Waals surface area contributed by atoms with Crippen molar-refractivity contribution in [1.29, 1.82) is 0 Å². The molecule has 0 spiro atoms. The van der Waals surface area contributed by atoms with E-state index in [-0.39, 0.29) is 5.75 Å². The van der Waals surface area contributed by atoms with Crippen LogP contribution >= 0.6 is 0 Å². The molecule has 0 aliphatic carbocycles. The molecule has 2 rings (SSSR count). The number of amides is 1. The summed E-state index contributed by atoms with van der Waals surface area (Å²) in [5.74, 6) is -1.96. The molecule has 0 aromatic heterocycles. The van der Waals surface area contributed by atoms with E-state index >= 15 is 0 Å². The SMILES string of the molecule is CCCCCS(=O)(=O)N1c2ccccc2NC(=O)C1CC(=O)O. The Morgan fingerprint density at radius 2 is 2.00 bits per heavy atom. The van der Waals surface area contributed by atoms with Crippen LogP contribution in [0, 0.1) is 0 Å². The number of anilines is 2. The summed E-state index contributed by atoms with van der Waals surface area (Å²) < 4.78 is 26.4. The molecule has 8 heteroatoms. The number of carboxylic acid groups (broad SMARTS) is 1. The van der Waals surface area contributed by atoms with Gasteiger partial charge in [-0.25, -0.2) is 8.42 Å². The summed E-state index contributed by atoms with van der Waals surface area (Å²) in [6, 6.07) is 5.23. The Morgan fingerprint density at radius 3 is 2.65 bits per heavy atom. The van der Waals surface area contributed by atoms with Crippen LogP contribution in [-0.2, 0) is 19.6 Å². The van der Waals surface area contributed by atoms with E-state index in [2.05, 4.69) is 5.32 Å². The van der Waals surface area contributed by atoms with E-state index in [0.29, 0.717) is 17.8 Å². The molecule has 2 N–H and O–H groups in total. The van der Waals surface area contributed by atoms with Crippen molar-refractivity contribution in [3.05, 3.63) is 24.3 Å². The van der Waals surface area contributed by atoms with Crippen LogP contribution in [0.1, 0.15) is 32.6 Å². The van der Waals surface area contributed by atoms with Gasteiger partial charge in [-0.1, -0.05) is 31.9 Å². The molecule has 1 unspecified atom stereocenters. The van der Waals surface area contributed by atoms with Crippen LogP contribution in [0.3, 0.4) is 0 Å². The lowest BCUT2D eigenvalue weighted by molar-refractivity contribution is -0.138. The van der Waals surface area contributed by atoms with Gasteiger partial charge in [-0.2, -0.15) is 0 Å². The second kappa shape index (κ2) is 6.99. The Labute approximate surface area is 135 Å². The summed E-state index contributed by atoms with van der Waals surface area (Å²) in [6.45, 7) is 1.96. The lowest BCUT2D eigenvalue weighted by Gasteiger charge is -2.36. The Balaban J connectivity index is 2.44. The highest BCUT2D eigenvalue weighted by atomic mass is 32.2. The molecule has 1 atom stereocenters. The first-order valence-corrected chi connectivity index (χ1v) is 9.11. The number of fused-ring (bicyclic) bond motifs is 1. The van der Waals surface area contributed by atoms with Crippen molar-refractivity contribution in [2.45, 2.75) is 38.6 Å². The highest BCUT2D eigenvalue weighted by molar-refractivity contribution is 7.92. The van der Waals surface area contributed by atoms with E-state index in [4.69, 9.17) is 5.11 Å². The fourth-order valence-corrected chi connectivity index (χ4v) is 4.36. The number of hydrogen-bond acceptors (Lipinski definition) is 4. The summed E-state index contributed by atoms with van der Waals surface area (Å²) in [5.41, 5.74) is 0.688. The van der Waals surface area contributed by atoms with Crippen molar-refractivity contribution in [1.82, 2.24) is 0 Å². The predicted octanol–water partition coefficient (Wildman–Crippen LogP) is 1.81. The number of rotatable bonds is 7. The maximum Gasteiger partial charge on any atom is 0.306 e. The number of nitrogens with zero attached hydrogens (tertiary/aromatic N) is 1. The molecule has 0 bridgehead atoms. The lowest BCUT2D eigenvalue weighted by Crippen LogP contribution is -2.52. The number of nitrogens with one attached hydrogen (secondary N) is 1. The molecule has 1 aromatic carbocycles. The number of sulfonamides is 1. The Bertz CT molecular complexity index is 702. The quantitative estimate of drug-likeness (QED) is 0.737. The zero-order valence-corrected chi connectivity index (χ0v) is 13.7. The van der Waals surface area contributed by atoms with Gasteiger partial charge < -0.3 is 10.4 Å². The third-order valence-corrected chi connectivity index (χ3v) is 5.51. The molecular formula is C15H20N2O5S. The summed E-state index contributed by atoms with van der Waals surface area (Å²) in [4.78, 5) is 23.3. The highest BCUT2D eigenvalue weighted by Crippen LogP contribution is 2.35. The Hall–Kier alpha value is -2.09. The molecule has 23 heavy (non-hydrogen) atoms. The molecule has 1 amide bonds. The number of hydrogen-bond donors (Lipinski definition) is 2. The number of para-hydroxylation sites is 2. The summed E-state index contributed by atoms with van der Waals surface area (Å²) in [5, 5.41) is 11.6. The maximum absolute atomic E-state index is 12.7. The minimum atomic E-state index is -3.79. The van der Waals surface area contributed by atoms with Crippen LogP contribution < -0.4 is 9.62 Å². The molecule has 0 saturated heterocycles. The van der Waals surface area contributed by atoms with E-state index in [0.717, 1.165) is 17.1 Å². The predicted molar refractivity (Wildman–Crippen MR) is 86.9 cm³/mol. The number of carbonyl (C=O) groups excluding carboxylic acids is 1. The average molecular weight is 340 g/mol. The molecule has 0 radical (unpaired) electrons. The fraction of sp³-hybridized carbons (Fsp3) is 0.467. The standard InChI is InChI=1S/C15H20N2O5S/c1-2-3-6-9-23(21,22)17-12-8-5-4-7-11(12)16-15(20)13(17)10-14(18)19/h4-5,7-8,13H,2-3,6,9-10H2,1H3,(H,16,20)(H,18,19). The van der Waals surface area contributed by atoms with E-state index in [1.54, 1.807) is 24.3 Å². The molecule has 0 saturated carbocycles. The molecule has 1 aliphatic rings. The van der Waals surface area contributed by atoms with Gasteiger partial charge in [0.2, 0.25) is 15.9 Å². The molecule has 7 nitrogen and oxygen atoms in total. The van der Waals surface area contributed by atoms with Gasteiger partial charge in [-0.15, -0.1) is 0 Å². The van der Waals surface area contributed by atoms with Crippen molar-refractivity contribution in [2.75, 3.05) is 15.4 Å². The van der Waals surface area contributed by atoms with Crippen LogP contribution in [0.15, 0.2) is 24.3 Å². The Kier molecular flexibility index (Phi) is 5.25. The van der Waals surface area contributed by atoms with E-state index in [9.17, 15) is 18.0 Å². The van der Waals surface area contributed by atoms with Gasteiger partial charge in [0.25, 0.3) is 0 Å². The fourth-order valence-electron chi connectivity index (χ4n) is 2.58. The van der Waals surface area contributed by atoms with Gasteiger partial charge >= 0.3 is 5.97 Å². The van der Waals surface area contributed by atoms with Gasteiger partial charge in [0.05, 0.1) is 23.5 Å². The summed E-state index contributed by atoms with van der Waals surface area (Å²) >= 11 is 0. The monoisotopic (exact) mass is 340 g/mol. The van der Waals surface area contributed by atoms with Crippen LogP contribution in [-0.4, -0.2) is 37.2 Å². The van der Waals surface area contributed by atoms with Gasteiger partial charge in [-0.3, -0.25) is 13.9 Å².